The molecule has 0 aliphatic carbocycles. The first-order valence-electron chi connectivity index (χ1n) is 6.87. The van der Waals surface area contributed by atoms with Crippen molar-refractivity contribution in [1.82, 2.24) is 5.32 Å². The van der Waals surface area contributed by atoms with Gasteiger partial charge in [0.05, 0.1) is 18.6 Å². The molecule has 1 N–H and O–H groups in total. The number of esters is 1. The number of hydrogen-bond donors (Lipinski definition) is 1. The lowest BCUT2D eigenvalue weighted by Gasteiger charge is -2.30. The van der Waals surface area contributed by atoms with Gasteiger partial charge in [-0.05, 0) is 38.1 Å². The smallest absolute Gasteiger partial charge is 0.387 e. The van der Waals surface area contributed by atoms with Crippen molar-refractivity contribution < 1.29 is 23.0 Å². The Balaban J connectivity index is 3.00. The van der Waals surface area contributed by atoms with Crippen molar-refractivity contribution in [3.63, 3.8) is 0 Å². The van der Waals surface area contributed by atoms with E-state index in [9.17, 15) is 13.6 Å². The van der Waals surface area contributed by atoms with Gasteiger partial charge in [-0.2, -0.15) is 8.78 Å². The van der Waals surface area contributed by atoms with Crippen LogP contribution in [0, 0.1) is 0 Å². The van der Waals surface area contributed by atoms with Crippen LogP contribution in [0.2, 0.25) is 0 Å². The number of ether oxygens (including phenoxy) is 2. The van der Waals surface area contributed by atoms with Gasteiger partial charge in [0.25, 0.3) is 0 Å². The number of carbonyl (C=O) groups excluding carboxylic acids is 1. The highest BCUT2D eigenvalue weighted by atomic mass is 19.3. The summed E-state index contributed by atoms with van der Waals surface area (Å²) in [6, 6.07) is 6.34. The van der Waals surface area contributed by atoms with Gasteiger partial charge in [0, 0.05) is 0 Å². The molecular weight excluding hydrogens is 280 g/mol. The Hall–Kier alpha value is -1.69. The molecule has 6 heteroatoms. The fourth-order valence-electron chi connectivity index (χ4n) is 2.17. The van der Waals surface area contributed by atoms with E-state index in [0.29, 0.717) is 18.7 Å². The van der Waals surface area contributed by atoms with Crippen molar-refractivity contribution >= 4 is 5.97 Å². The molecule has 1 aromatic rings. The number of nitrogens with one attached hydrogen (secondary N) is 1. The van der Waals surface area contributed by atoms with Gasteiger partial charge in [-0.3, -0.25) is 4.79 Å². The first kappa shape index (κ1) is 17.4. The van der Waals surface area contributed by atoms with E-state index >= 15 is 0 Å². The molecule has 0 bridgehead atoms. The summed E-state index contributed by atoms with van der Waals surface area (Å²) in [6.45, 7) is 3.51. The van der Waals surface area contributed by atoms with Gasteiger partial charge in [0.1, 0.15) is 5.75 Å². The zero-order valence-electron chi connectivity index (χ0n) is 12.5. The number of benzene rings is 1. The molecule has 0 saturated carbocycles. The fourth-order valence-corrected chi connectivity index (χ4v) is 2.17. The van der Waals surface area contributed by atoms with Crippen LogP contribution in [-0.2, 0) is 15.1 Å². The highest BCUT2D eigenvalue weighted by molar-refractivity contribution is 5.71. The van der Waals surface area contributed by atoms with Gasteiger partial charge in [0.15, 0.2) is 0 Å². The minimum Gasteiger partial charge on any atom is -0.466 e. The molecule has 118 valence electrons. The maximum Gasteiger partial charge on any atom is 0.387 e. The van der Waals surface area contributed by atoms with Crippen LogP contribution in [0.3, 0.4) is 0 Å². The van der Waals surface area contributed by atoms with Crippen LogP contribution in [0.5, 0.6) is 5.75 Å². The fraction of sp³-hybridized carbons (Fsp3) is 0.533. The predicted octanol–water partition coefficient (Wildman–Crippen LogP) is 3.07. The molecule has 0 amide bonds. The SMILES string of the molecule is CCNC(C)(CC(=O)OCC)c1cccc(OC(F)F)c1. The Morgan fingerprint density at radius 3 is 2.67 bits per heavy atom. The summed E-state index contributed by atoms with van der Waals surface area (Å²) >= 11 is 0. The maximum atomic E-state index is 12.3. The van der Waals surface area contributed by atoms with Crippen molar-refractivity contribution in [2.24, 2.45) is 0 Å². The predicted molar refractivity (Wildman–Crippen MR) is 75.4 cm³/mol. The normalized spacial score (nSPS) is 13.8. The molecule has 0 heterocycles. The molecule has 0 spiro atoms. The van der Waals surface area contributed by atoms with E-state index in [-0.39, 0.29) is 18.1 Å². The summed E-state index contributed by atoms with van der Waals surface area (Å²) in [5.41, 5.74) is -0.0155. The quantitative estimate of drug-likeness (QED) is 0.750. The molecule has 0 aliphatic heterocycles. The average molecular weight is 301 g/mol. The number of carbonyl (C=O) groups is 1. The maximum absolute atomic E-state index is 12.3. The Bertz CT molecular complexity index is 468. The lowest BCUT2D eigenvalue weighted by atomic mass is 9.88. The monoisotopic (exact) mass is 301 g/mol. The summed E-state index contributed by atoms with van der Waals surface area (Å²) in [5, 5.41) is 3.20. The lowest BCUT2D eigenvalue weighted by Crippen LogP contribution is -2.41. The largest absolute Gasteiger partial charge is 0.466 e. The molecule has 0 fully saturated rings. The van der Waals surface area contributed by atoms with Gasteiger partial charge in [-0.15, -0.1) is 0 Å². The minimum absolute atomic E-state index is 0.0653. The summed E-state index contributed by atoms with van der Waals surface area (Å²) in [4.78, 5) is 11.8. The van der Waals surface area contributed by atoms with E-state index in [1.54, 1.807) is 19.1 Å². The van der Waals surface area contributed by atoms with Crippen LogP contribution >= 0.6 is 0 Å². The Morgan fingerprint density at radius 1 is 1.38 bits per heavy atom. The molecule has 1 aromatic carbocycles. The molecule has 0 radical (unpaired) electrons. The van der Waals surface area contributed by atoms with Crippen LogP contribution in [0.15, 0.2) is 24.3 Å². The average Bonchev–Trinajstić information content (AvgIpc) is 2.38. The molecule has 4 nitrogen and oxygen atoms in total. The van der Waals surface area contributed by atoms with E-state index < -0.39 is 12.2 Å². The number of rotatable bonds is 8. The van der Waals surface area contributed by atoms with E-state index in [2.05, 4.69) is 10.1 Å². The molecule has 1 rings (SSSR count). The molecule has 1 unspecified atom stereocenters. The van der Waals surface area contributed by atoms with Crippen molar-refractivity contribution in [3.05, 3.63) is 29.8 Å². The minimum atomic E-state index is -2.88. The second-order valence-corrected chi connectivity index (χ2v) is 4.75. The van der Waals surface area contributed by atoms with Crippen molar-refractivity contribution in [3.8, 4) is 5.75 Å². The Morgan fingerprint density at radius 2 is 2.10 bits per heavy atom. The summed E-state index contributed by atoms with van der Waals surface area (Å²) in [7, 11) is 0. The highest BCUT2D eigenvalue weighted by Gasteiger charge is 2.29. The second kappa shape index (κ2) is 7.93. The molecule has 0 aliphatic rings. The summed E-state index contributed by atoms with van der Waals surface area (Å²) in [5.74, 6) is -0.281. The third-order valence-electron chi connectivity index (χ3n) is 3.07. The summed E-state index contributed by atoms with van der Waals surface area (Å²) in [6.07, 6.45) is 0.104. The van der Waals surface area contributed by atoms with Crippen LogP contribution in [0.1, 0.15) is 32.8 Å². The second-order valence-electron chi connectivity index (χ2n) is 4.75. The van der Waals surface area contributed by atoms with E-state index in [1.165, 1.54) is 12.1 Å². The van der Waals surface area contributed by atoms with Crippen molar-refractivity contribution in [1.29, 1.82) is 0 Å². The Kier molecular flexibility index (Phi) is 6.55. The van der Waals surface area contributed by atoms with Gasteiger partial charge < -0.3 is 14.8 Å². The third kappa shape index (κ3) is 5.30. The zero-order valence-corrected chi connectivity index (χ0v) is 12.5. The number of alkyl halides is 2. The number of hydrogen-bond acceptors (Lipinski definition) is 4. The number of halogens is 2. The van der Waals surface area contributed by atoms with E-state index in [0.717, 1.165) is 0 Å². The van der Waals surface area contributed by atoms with E-state index in [1.807, 2.05) is 13.8 Å². The third-order valence-corrected chi connectivity index (χ3v) is 3.07. The van der Waals surface area contributed by atoms with Gasteiger partial charge in [-0.1, -0.05) is 19.1 Å². The van der Waals surface area contributed by atoms with Crippen LogP contribution in [0.4, 0.5) is 8.78 Å². The molecule has 21 heavy (non-hydrogen) atoms. The molecule has 0 aromatic heterocycles. The first-order valence-corrected chi connectivity index (χ1v) is 6.87. The van der Waals surface area contributed by atoms with Crippen LogP contribution in [-0.4, -0.2) is 25.7 Å². The topological polar surface area (TPSA) is 47.6 Å². The van der Waals surface area contributed by atoms with Gasteiger partial charge >= 0.3 is 12.6 Å². The highest BCUT2D eigenvalue weighted by Crippen LogP contribution is 2.28. The first-order chi connectivity index (χ1) is 9.91. The van der Waals surface area contributed by atoms with Crippen molar-refractivity contribution in [2.75, 3.05) is 13.2 Å². The zero-order chi connectivity index (χ0) is 15.9. The molecule has 1 atom stereocenters. The van der Waals surface area contributed by atoms with Gasteiger partial charge in [-0.25, -0.2) is 0 Å². The van der Waals surface area contributed by atoms with Crippen LogP contribution in [0.25, 0.3) is 0 Å². The lowest BCUT2D eigenvalue weighted by molar-refractivity contribution is -0.144. The molecule has 0 saturated heterocycles. The Labute approximate surface area is 123 Å². The van der Waals surface area contributed by atoms with E-state index in [4.69, 9.17) is 4.74 Å². The standard InChI is InChI=1S/C15H21F2NO3/c1-4-18-15(3,10-13(19)20-5-2)11-7-6-8-12(9-11)21-14(16)17/h6-9,14,18H,4-5,10H2,1-3H3. The summed E-state index contributed by atoms with van der Waals surface area (Å²) < 4.78 is 34.0. The van der Waals surface area contributed by atoms with Crippen molar-refractivity contribution in [2.45, 2.75) is 39.3 Å². The van der Waals surface area contributed by atoms with Gasteiger partial charge in [0.2, 0.25) is 0 Å². The van der Waals surface area contributed by atoms with Crippen LogP contribution < -0.4 is 10.1 Å². The molecular formula is C15H21F2NO3.